The SMILES string of the molecule is COCc1nc(CCN(C(C)=O)C2CCCN(Cc3ccc(Br)o3)C2)no1. The van der Waals surface area contributed by atoms with Crippen molar-refractivity contribution in [1.82, 2.24) is 19.9 Å². The van der Waals surface area contributed by atoms with Crippen molar-refractivity contribution in [2.75, 3.05) is 26.7 Å². The summed E-state index contributed by atoms with van der Waals surface area (Å²) in [6, 6.07) is 4.06. The second kappa shape index (κ2) is 9.48. The summed E-state index contributed by atoms with van der Waals surface area (Å²) in [6.45, 7) is 5.08. The number of piperidine rings is 1. The van der Waals surface area contributed by atoms with Crippen LogP contribution in [0.2, 0.25) is 0 Å². The van der Waals surface area contributed by atoms with Gasteiger partial charge < -0.3 is 18.6 Å². The van der Waals surface area contributed by atoms with Gasteiger partial charge in [-0.3, -0.25) is 9.69 Å². The highest BCUT2D eigenvalue weighted by molar-refractivity contribution is 9.10. The van der Waals surface area contributed by atoms with Gasteiger partial charge in [0.15, 0.2) is 10.5 Å². The first-order valence-corrected chi connectivity index (χ1v) is 9.88. The summed E-state index contributed by atoms with van der Waals surface area (Å²) in [5, 5.41) is 3.95. The van der Waals surface area contributed by atoms with E-state index in [0.717, 1.165) is 42.9 Å². The van der Waals surface area contributed by atoms with Crippen molar-refractivity contribution in [3.05, 3.63) is 34.3 Å². The lowest BCUT2D eigenvalue weighted by Crippen LogP contribution is -2.50. The molecule has 0 bridgehead atoms. The summed E-state index contributed by atoms with van der Waals surface area (Å²) in [5.41, 5.74) is 0. The van der Waals surface area contributed by atoms with Crippen molar-refractivity contribution >= 4 is 21.8 Å². The monoisotopic (exact) mass is 440 g/mol. The van der Waals surface area contributed by atoms with E-state index >= 15 is 0 Å². The molecular weight excluding hydrogens is 416 g/mol. The molecule has 1 atom stereocenters. The van der Waals surface area contributed by atoms with Crippen LogP contribution >= 0.6 is 15.9 Å². The molecule has 1 saturated heterocycles. The van der Waals surface area contributed by atoms with Gasteiger partial charge in [0.25, 0.3) is 5.89 Å². The van der Waals surface area contributed by atoms with Gasteiger partial charge in [-0.05, 0) is 47.4 Å². The first kappa shape index (κ1) is 20.0. The second-order valence-corrected chi connectivity index (χ2v) is 7.52. The number of carbonyl (C=O) groups is 1. The fourth-order valence-corrected chi connectivity index (χ4v) is 3.82. The fourth-order valence-electron chi connectivity index (χ4n) is 3.48. The van der Waals surface area contributed by atoms with Crippen LogP contribution in [0.3, 0.4) is 0 Å². The average molecular weight is 441 g/mol. The van der Waals surface area contributed by atoms with E-state index in [9.17, 15) is 4.79 Å². The van der Waals surface area contributed by atoms with Gasteiger partial charge in [-0.25, -0.2) is 0 Å². The molecule has 148 valence electrons. The minimum atomic E-state index is 0.0724. The quantitative estimate of drug-likeness (QED) is 0.623. The zero-order chi connectivity index (χ0) is 19.2. The predicted molar refractivity (Wildman–Crippen MR) is 101 cm³/mol. The zero-order valence-corrected chi connectivity index (χ0v) is 17.3. The fraction of sp³-hybridized carbons (Fsp3) is 0.611. The molecule has 0 aliphatic carbocycles. The summed E-state index contributed by atoms with van der Waals surface area (Å²) < 4.78 is 16.5. The van der Waals surface area contributed by atoms with Crippen LogP contribution in [-0.2, 0) is 29.1 Å². The van der Waals surface area contributed by atoms with E-state index < -0.39 is 0 Å². The maximum Gasteiger partial charge on any atom is 0.252 e. The molecule has 8 nitrogen and oxygen atoms in total. The smallest absolute Gasteiger partial charge is 0.252 e. The number of rotatable bonds is 8. The highest BCUT2D eigenvalue weighted by atomic mass is 79.9. The number of methoxy groups -OCH3 is 1. The molecule has 1 fully saturated rings. The maximum atomic E-state index is 12.2. The van der Waals surface area contributed by atoms with Crippen LogP contribution in [0.15, 0.2) is 25.7 Å². The number of furan rings is 1. The van der Waals surface area contributed by atoms with Crippen molar-refractivity contribution < 1.29 is 18.5 Å². The highest BCUT2D eigenvalue weighted by Crippen LogP contribution is 2.21. The number of hydrogen-bond acceptors (Lipinski definition) is 7. The van der Waals surface area contributed by atoms with E-state index in [0.29, 0.717) is 31.3 Å². The molecule has 0 aromatic carbocycles. The molecule has 2 aromatic heterocycles. The van der Waals surface area contributed by atoms with Gasteiger partial charge in [-0.2, -0.15) is 4.98 Å². The average Bonchev–Trinajstić information content (AvgIpc) is 3.24. The third-order valence-electron chi connectivity index (χ3n) is 4.69. The van der Waals surface area contributed by atoms with Crippen LogP contribution in [0.5, 0.6) is 0 Å². The minimum Gasteiger partial charge on any atom is -0.453 e. The second-order valence-electron chi connectivity index (χ2n) is 6.74. The molecule has 9 heteroatoms. The van der Waals surface area contributed by atoms with Crippen molar-refractivity contribution in [1.29, 1.82) is 0 Å². The third-order valence-corrected chi connectivity index (χ3v) is 5.11. The lowest BCUT2D eigenvalue weighted by Gasteiger charge is -2.38. The summed E-state index contributed by atoms with van der Waals surface area (Å²) in [7, 11) is 1.58. The summed E-state index contributed by atoms with van der Waals surface area (Å²) >= 11 is 3.34. The van der Waals surface area contributed by atoms with Gasteiger partial charge in [0.2, 0.25) is 5.91 Å². The summed E-state index contributed by atoms with van der Waals surface area (Å²) in [5.74, 6) is 2.05. The third kappa shape index (κ3) is 5.63. The van der Waals surface area contributed by atoms with E-state index in [1.54, 1.807) is 14.0 Å². The molecule has 1 unspecified atom stereocenters. The molecule has 0 spiro atoms. The predicted octanol–water partition coefficient (Wildman–Crippen LogP) is 2.63. The number of hydrogen-bond donors (Lipinski definition) is 0. The van der Waals surface area contributed by atoms with Crippen LogP contribution in [-0.4, -0.2) is 58.6 Å². The molecule has 1 aliphatic heterocycles. The Kier molecular flexibility index (Phi) is 7.03. The molecule has 0 N–H and O–H groups in total. The first-order chi connectivity index (χ1) is 13.0. The van der Waals surface area contributed by atoms with Gasteiger partial charge in [-0.1, -0.05) is 5.16 Å². The number of nitrogens with zero attached hydrogens (tertiary/aromatic N) is 4. The molecular formula is C18H25BrN4O4. The number of ether oxygens (including phenoxy) is 1. The van der Waals surface area contributed by atoms with Crippen LogP contribution < -0.4 is 0 Å². The maximum absolute atomic E-state index is 12.2. The van der Waals surface area contributed by atoms with Gasteiger partial charge in [0, 0.05) is 39.6 Å². The number of halogens is 1. The molecule has 27 heavy (non-hydrogen) atoms. The van der Waals surface area contributed by atoms with E-state index in [-0.39, 0.29) is 11.9 Å². The lowest BCUT2D eigenvalue weighted by atomic mass is 10.0. The molecule has 0 saturated carbocycles. The Balaban J connectivity index is 1.57. The number of carbonyl (C=O) groups excluding carboxylic acids is 1. The Morgan fingerprint density at radius 2 is 2.33 bits per heavy atom. The van der Waals surface area contributed by atoms with Gasteiger partial charge in [0.05, 0.1) is 6.54 Å². The van der Waals surface area contributed by atoms with E-state index in [2.05, 4.69) is 31.0 Å². The Bertz CT molecular complexity index is 747. The van der Waals surface area contributed by atoms with E-state index in [4.69, 9.17) is 13.7 Å². The Morgan fingerprint density at radius 1 is 1.48 bits per heavy atom. The van der Waals surface area contributed by atoms with Crippen molar-refractivity contribution in [2.24, 2.45) is 0 Å². The molecule has 3 heterocycles. The lowest BCUT2D eigenvalue weighted by molar-refractivity contribution is -0.132. The molecule has 2 aromatic rings. The van der Waals surface area contributed by atoms with Crippen molar-refractivity contribution in [2.45, 2.75) is 45.4 Å². The van der Waals surface area contributed by atoms with Crippen molar-refractivity contribution in [3.8, 4) is 0 Å². The Labute approximate surface area is 167 Å². The molecule has 1 aliphatic rings. The number of amides is 1. The molecule has 1 amide bonds. The van der Waals surface area contributed by atoms with Gasteiger partial charge >= 0.3 is 0 Å². The minimum absolute atomic E-state index is 0.0724. The van der Waals surface area contributed by atoms with E-state index in [1.165, 1.54) is 0 Å². The van der Waals surface area contributed by atoms with Gasteiger partial charge in [-0.15, -0.1) is 0 Å². The standard InChI is InChI=1S/C18H25BrN4O4/c1-13(24)23(9-7-17-20-18(12-25-2)27-21-17)14-4-3-8-22(10-14)11-15-5-6-16(19)26-15/h5-6,14H,3-4,7-12H2,1-2H3. The normalized spacial score (nSPS) is 18.0. The van der Waals surface area contributed by atoms with Crippen LogP contribution in [0.4, 0.5) is 0 Å². The van der Waals surface area contributed by atoms with Gasteiger partial charge in [0.1, 0.15) is 12.4 Å². The summed E-state index contributed by atoms with van der Waals surface area (Å²) in [4.78, 5) is 20.8. The van der Waals surface area contributed by atoms with Crippen LogP contribution in [0, 0.1) is 0 Å². The number of likely N-dealkylation sites (tertiary alicyclic amines) is 1. The zero-order valence-electron chi connectivity index (χ0n) is 15.7. The molecule has 3 rings (SSSR count). The molecule has 0 radical (unpaired) electrons. The van der Waals surface area contributed by atoms with Crippen LogP contribution in [0.25, 0.3) is 0 Å². The Morgan fingerprint density at radius 3 is 3.04 bits per heavy atom. The van der Waals surface area contributed by atoms with Crippen LogP contribution in [0.1, 0.15) is 37.2 Å². The Hall–Kier alpha value is -1.71. The number of aromatic nitrogens is 2. The first-order valence-electron chi connectivity index (χ1n) is 9.09. The van der Waals surface area contributed by atoms with E-state index in [1.807, 2.05) is 17.0 Å². The topological polar surface area (TPSA) is 84.8 Å². The highest BCUT2D eigenvalue weighted by Gasteiger charge is 2.27. The summed E-state index contributed by atoms with van der Waals surface area (Å²) in [6.07, 6.45) is 2.62. The largest absolute Gasteiger partial charge is 0.453 e. The van der Waals surface area contributed by atoms with Crippen molar-refractivity contribution in [3.63, 3.8) is 0 Å².